The van der Waals surface area contributed by atoms with Crippen LogP contribution in [-0.2, 0) is 17.9 Å². The SMILES string of the molecule is C[C@H]1CC[C@H](Cn2c(N3CCO[C@H]4CCC[C@@H]43)nc3cc(C#N)nc(-c4cc(Cl)cnc4OCc4ccccc4)c32)CC1. The van der Waals surface area contributed by atoms with Crippen LogP contribution >= 0.6 is 11.6 Å². The van der Waals surface area contributed by atoms with Crippen LogP contribution in [0.1, 0.15) is 63.1 Å². The van der Waals surface area contributed by atoms with Crippen molar-refractivity contribution in [3.63, 3.8) is 0 Å². The van der Waals surface area contributed by atoms with Gasteiger partial charge in [-0.05, 0) is 55.6 Å². The van der Waals surface area contributed by atoms with Crippen molar-refractivity contribution >= 4 is 28.6 Å². The Morgan fingerprint density at radius 1 is 1.07 bits per heavy atom. The van der Waals surface area contributed by atoms with Gasteiger partial charge in [-0.15, -0.1) is 0 Å². The zero-order chi connectivity index (χ0) is 29.3. The van der Waals surface area contributed by atoms with E-state index in [4.69, 9.17) is 31.0 Å². The molecule has 0 bridgehead atoms. The highest BCUT2D eigenvalue weighted by atomic mass is 35.5. The van der Waals surface area contributed by atoms with Gasteiger partial charge in [-0.25, -0.2) is 15.0 Å². The summed E-state index contributed by atoms with van der Waals surface area (Å²) in [5.41, 5.74) is 4.30. The number of rotatable bonds is 7. The number of hydrogen-bond acceptors (Lipinski definition) is 7. The summed E-state index contributed by atoms with van der Waals surface area (Å²) in [5, 5.41) is 10.5. The highest BCUT2D eigenvalue weighted by molar-refractivity contribution is 6.30. The van der Waals surface area contributed by atoms with Gasteiger partial charge in [0, 0.05) is 25.4 Å². The van der Waals surface area contributed by atoms with E-state index in [0.29, 0.717) is 53.0 Å². The van der Waals surface area contributed by atoms with E-state index < -0.39 is 0 Å². The molecule has 7 rings (SSSR count). The van der Waals surface area contributed by atoms with Crippen LogP contribution in [0.25, 0.3) is 22.3 Å². The zero-order valence-electron chi connectivity index (χ0n) is 24.6. The quantitative estimate of drug-likeness (QED) is 0.223. The number of imidazole rings is 1. The molecular formula is C34H37ClN6O2. The number of pyridine rings is 2. The number of halogens is 1. The molecule has 8 nitrogen and oxygen atoms in total. The summed E-state index contributed by atoms with van der Waals surface area (Å²) in [4.78, 5) is 17.2. The highest BCUT2D eigenvalue weighted by Gasteiger charge is 2.39. The lowest BCUT2D eigenvalue weighted by molar-refractivity contribution is 0.0247. The van der Waals surface area contributed by atoms with Crippen molar-refractivity contribution in [2.75, 3.05) is 18.1 Å². The van der Waals surface area contributed by atoms with Crippen molar-refractivity contribution in [2.24, 2.45) is 11.8 Å². The molecule has 0 spiro atoms. The maximum absolute atomic E-state index is 10.0. The van der Waals surface area contributed by atoms with E-state index in [1.807, 2.05) is 42.5 Å². The molecular weight excluding hydrogens is 560 g/mol. The van der Waals surface area contributed by atoms with Gasteiger partial charge >= 0.3 is 0 Å². The molecule has 222 valence electrons. The summed E-state index contributed by atoms with van der Waals surface area (Å²) < 4.78 is 14.8. The first-order valence-corrected chi connectivity index (χ1v) is 16.0. The standard InChI is InChI=1S/C34H37ClN6O2/c1-22-10-12-23(13-11-22)20-41-32-28(39-34(41)40-14-15-42-30-9-5-8-29(30)40)17-26(18-36)38-31(32)27-16-25(35)19-37-33(27)43-21-24-6-3-2-4-7-24/h2-4,6-7,16-17,19,22-23,29-30H,5,8-15,20-21H2,1H3/t22-,23-,29-,30-/m0/s1. The molecule has 1 aliphatic heterocycles. The lowest BCUT2D eigenvalue weighted by Gasteiger charge is -2.39. The summed E-state index contributed by atoms with van der Waals surface area (Å²) in [6, 6.07) is 16.2. The van der Waals surface area contributed by atoms with E-state index in [1.165, 1.54) is 25.7 Å². The Labute approximate surface area is 257 Å². The van der Waals surface area contributed by atoms with E-state index in [-0.39, 0.29) is 6.10 Å². The van der Waals surface area contributed by atoms with Crippen LogP contribution in [0.2, 0.25) is 5.02 Å². The Hall–Kier alpha value is -3.67. The average Bonchev–Trinajstić information content (AvgIpc) is 3.66. The second-order valence-electron chi connectivity index (χ2n) is 12.4. The smallest absolute Gasteiger partial charge is 0.223 e. The Morgan fingerprint density at radius 3 is 2.72 bits per heavy atom. The van der Waals surface area contributed by atoms with E-state index in [2.05, 4.69) is 27.4 Å². The number of aromatic nitrogens is 4. The third-order valence-corrected chi connectivity index (χ3v) is 9.63. The summed E-state index contributed by atoms with van der Waals surface area (Å²) >= 11 is 6.55. The maximum Gasteiger partial charge on any atom is 0.223 e. The second kappa shape index (κ2) is 12.1. The van der Waals surface area contributed by atoms with E-state index >= 15 is 0 Å². The second-order valence-corrected chi connectivity index (χ2v) is 12.8. The molecule has 0 unspecified atom stereocenters. The molecule has 0 amide bonds. The molecule has 2 aliphatic carbocycles. The molecule has 4 aromatic rings. The van der Waals surface area contributed by atoms with Crippen LogP contribution in [0.3, 0.4) is 0 Å². The zero-order valence-corrected chi connectivity index (χ0v) is 25.3. The molecule has 3 aromatic heterocycles. The molecule has 9 heteroatoms. The molecule has 2 saturated carbocycles. The van der Waals surface area contributed by atoms with Crippen LogP contribution in [0.15, 0.2) is 48.7 Å². The lowest BCUT2D eigenvalue weighted by Crippen LogP contribution is -2.49. The Kier molecular flexibility index (Phi) is 7.94. The fraction of sp³-hybridized carbons (Fsp3) is 0.471. The third kappa shape index (κ3) is 5.69. The third-order valence-electron chi connectivity index (χ3n) is 9.43. The summed E-state index contributed by atoms with van der Waals surface area (Å²) in [6.07, 6.45) is 10.0. The van der Waals surface area contributed by atoms with Gasteiger partial charge in [-0.2, -0.15) is 5.26 Å². The fourth-order valence-electron chi connectivity index (χ4n) is 7.16. The van der Waals surface area contributed by atoms with E-state index in [9.17, 15) is 5.26 Å². The predicted octanol–water partition coefficient (Wildman–Crippen LogP) is 7.18. The normalized spacial score (nSPS) is 23.7. The Bertz CT molecular complexity index is 1640. The molecule has 3 aliphatic rings. The molecule has 1 aromatic carbocycles. The van der Waals surface area contributed by atoms with Gasteiger partial charge in [0.1, 0.15) is 24.1 Å². The van der Waals surface area contributed by atoms with Crippen molar-refractivity contribution in [1.82, 2.24) is 19.5 Å². The van der Waals surface area contributed by atoms with E-state index in [0.717, 1.165) is 60.8 Å². The largest absolute Gasteiger partial charge is 0.472 e. The van der Waals surface area contributed by atoms with Crippen molar-refractivity contribution in [2.45, 2.75) is 77.2 Å². The molecule has 43 heavy (non-hydrogen) atoms. The van der Waals surface area contributed by atoms with Gasteiger partial charge in [0.25, 0.3) is 0 Å². The van der Waals surface area contributed by atoms with Gasteiger partial charge in [0.15, 0.2) is 0 Å². The molecule has 1 saturated heterocycles. The molecule has 0 radical (unpaired) electrons. The number of hydrogen-bond donors (Lipinski definition) is 0. The first kappa shape index (κ1) is 28.1. The van der Waals surface area contributed by atoms with Crippen LogP contribution in [0, 0.1) is 23.2 Å². The number of nitriles is 1. The van der Waals surface area contributed by atoms with Crippen molar-refractivity contribution in [3.8, 4) is 23.2 Å². The number of fused-ring (bicyclic) bond motifs is 2. The number of morpholine rings is 1. The minimum absolute atomic E-state index is 0.236. The van der Waals surface area contributed by atoms with Crippen LogP contribution in [0.4, 0.5) is 5.95 Å². The summed E-state index contributed by atoms with van der Waals surface area (Å²) in [7, 11) is 0. The molecule has 0 N–H and O–H groups in total. The first-order valence-electron chi connectivity index (χ1n) is 15.6. The number of benzene rings is 1. The minimum Gasteiger partial charge on any atom is -0.472 e. The van der Waals surface area contributed by atoms with Crippen LogP contribution in [-0.4, -0.2) is 44.8 Å². The van der Waals surface area contributed by atoms with Crippen molar-refractivity contribution in [1.29, 1.82) is 5.26 Å². The van der Waals surface area contributed by atoms with Gasteiger partial charge < -0.3 is 18.9 Å². The van der Waals surface area contributed by atoms with Gasteiger partial charge in [-0.1, -0.05) is 61.7 Å². The number of nitrogens with zero attached hydrogens (tertiary/aromatic N) is 6. The van der Waals surface area contributed by atoms with Gasteiger partial charge in [-0.3, -0.25) is 0 Å². The first-order chi connectivity index (χ1) is 21.1. The molecule has 3 fully saturated rings. The Morgan fingerprint density at radius 2 is 1.91 bits per heavy atom. The molecule has 2 atom stereocenters. The van der Waals surface area contributed by atoms with Crippen LogP contribution < -0.4 is 9.64 Å². The molecule has 4 heterocycles. The summed E-state index contributed by atoms with van der Waals surface area (Å²) in [6.45, 7) is 5.05. The van der Waals surface area contributed by atoms with Crippen LogP contribution in [0.5, 0.6) is 5.88 Å². The van der Waals surface area contributed by atoms with Crippen molar-refractivity contribution < 1.29 is 9.47 Å². The van der Waals surface area contributed by atoms with E-state index in [1.54, 1.807) is 6.20 Å². The van der Waals surface area contributed by atoms with Crippen molar-refractivity contribution in [3.05, 3.63) is 64.9 Å². The average molecular weight is 597 g/mol. The van der Waals surface area contributed by atoms with Gasteiger partial charge in [0.2, 0.25) is 11.8 Å². The Balaban J connectivity index is 1.38. The lowest BCUT2D eigenvalue weighted by atomic mass is 9.83. The topological polar surface area (TPSA) is 89.1 Å². The summed E-state index contributed by atoms with van der Waals surface area (Å²) in [5.74, 6) is 2.70. The predicted molar refractivity (Wildman–Crippen MR) is 167 cm³/mol. The maximum atomic E-state index is 10.0. The number of ether oxygens (including phenoxy) is 2. The number of anilines is 1. The van der Waals surface area contributed by atoms with Gasteiger partial charge in [0.05, 0.1) is 40.4 Å². The monoisotopic (exact) mass is 596 g/mol. The highest BCUT2D eigenvalue weighted by Crippen LogP contribution is 2.41. The minimum atomic E-state index is 0.236. The fourth-order valence-corrected chi connectivity index (χ4v) is 7.32.